The maximum absolute atomic E-state index is 11.7. The van der Waals surface area contributed by atoms with E-state index in [4.69, 9.17) is 0 Å². The normalized spacial score (nSPS) is 13.9. The summed E-state index contributed by atoms with van der Waals surface area (Å²) in [6.45, 7) is 6.31. The van der Waals surface area contributed by atoms with E-state index in [2.05, 4.69) is 10.6 Å². The van der Waals surface area contributed by atoms with Gasteiger partial charge in [-0.2, -0.15) is 0 Å². The van der Waals surface area contributed by atoms with E-state index in [1.807, 2.05) is 39.0 Å². The zero-order chi connectivity index (χ0) is 14.0. The van der Waals surface area contributed by atoms with Gasteiger partial charge in [0.25, 0.3) is 0 Å². The summed E-state index contributed by atoms with van der Waals surface area (Å²) in [6, 6.07) is 5.96. The van der Waals surface area contributed by atoms with Crippen LogP contribution in [-0.2, 0) is 22.4 Å². The lowest BCUT2D eigenvalue weighted by atomic mass is 9.95. The highest BCUT2D eigenvalue weighted by Crippen LogP contribution is 2.23. The van der Waals surface area contributed by atoms with Crippen molar-refractivity contribution < 1.29 is 9.59 Å². The molecule has 0 aliphatic carbocycles. The van der Waals surface area contributed by atoms with Crippen LogP contribution in [0.4, 0.5) is 5.69 Å². The van der Waals surface area contributed by atoms with Gasteiger partial charge >= 0.3 is 0 Å². The fraction of sp³-hybridized carbons (Fsp3) is 0.467. The van der Waals surface area contributed by atoms with Gasteiger partial charge in [-0.3, -0.25) is 9.59 Å². The Kier molecular flexibility index (Phi) is 3.60. The number of hydrogen-bond acceptors (Lipinski definition) is 2. The van der Waals surface area contributed by atoms with E-state index < -0.39 is 0 Å². The number of amides is 2. The standard InChI is InChI=1S/C15H20N2O2/c1-15(2,3)14(19)16-7-6-10-4-5-12-11(8-10)9-13(18)17-12/h4-5,8H,6-7,9H2,1-3H3,(H,16,19)(H,17,18). The quantitative estimate of drug-likeness (QED) is 0.872. The van der Waals surface area contributed by atoms with E-state index in [1.165, 1.54) is 0 Å². The molecule has 2 rings (SSSR count). The number of fused-ring (bicyclic) bond motifs is 1. The second-order valence-electron chi connectivity index (χ2n) is 5.97. The molecule has 0 aromatic heterocycles. The van der Waals surface area contributed by atoms with E-state index in [1.54, 1.807) is 0 Å². The SMILES string of the molecule is CC(C)(C)C(=O)NCCc1ccc2c(c1)CC(=O)N2. The summed E-state index contributed by atoms with van der Waals surface area (Å²) in [6.07, 6.45) is 1.24. The number of nitrogens with one attached hydrogen (secondary N) is 2. The molecule has 0 spiro atoms. The number of hydrogen-bond donors (Lipinski definition) is 2. The Hall–Kier alpha value is -1.84. The van der Waals surface area contributed by atoms with Crippen molar-refractivity contribution in [2.45, 2.75) is 33.6 Å². The molecule has 1 heterocycles. The maximum atomic E-state index is 11.7. The average molecular weight is 260 g/mol. The minimum absolute atomic E-state index is 0.0492. The highest BCUT2D eigenvalue weighted by atomic mass is 16.2. The lowest BCUT2D eigenvalue weighted by molar-refractivity contribution is -0.128. The summed E-state index contributed by atoms with van der Waals surface area (Å²) in [5.41, 5.74) is 2.75. The fourth-order valence-corrected chi connectivity index (χ4v) is 2.02. The van der Waals surface area contributed by atoms with E-state index in [0.29, 0.717) is 13.0 Å². The second-order valence-corrected chi connectivity index (χ2v) is 5.97. The molecule has 19 heavy (non-hydrogen) atoms. The molecule has 2 amide bonds. The summed E-state index contributed by atoms with van der Waals surface area (Å²) < 4.78 is 0. The van der Waals surface area contributed by atoms with Gasteiger partial charge in [-0.05, 0) is 23.6 Å². The van der Waals surface area contributed by atoms with Crippen LogP contribution in [0.15, 0.2) is 18.2 Å². The van der Waals surface area contributed by atoms with Crippen LogP contribution in [0.5, 0.6) is 0 Å². The highest BCUT2D eigenvalue weighted by molar-refractivity contribution is 5.99. The molecule has 102 valence electrons. The van der Waals surface area contributed by atoms with Crippen LogP contribution in [0.2, 0.25) is 0 Å². The van der Waals surface area contributed by atoms with E-state index in [9.17, 15) is 9.59 Å². The molecule has 1 aromatic carbocycles. The molecule has 0 unspecified atom stereocenters. The van der Waals surface area contributed by atoms with Crippen LogP contribution >= 0.6 is 0 Å². The first-order chi connectivity index (χ1) is 8.86. The van der Waals surface area contributed by atoms with Crippen molar-refractivity contribution in [2.24, 2.45) is 5.41 Å². The molecule has 0 atom stereocenters. The molecule has 4 heteroatoms. The van der Waals surface area contributed by atoms with Crippen molar-refractivity contribution in [3.63, 3.8) is 0 Å². The van der Waals surface area contributed by atoms with Crippen LogP contribution in [0.3, 0.4) is 0 Å². The second kappa shape index (κ2) is 5.03. The van der Waals surface area contributed by atoms with Crippen molar-refractivity contribution in [3.8, 4) is 0 Å². The molecule has 1 aliphatic rings. The number of carbonyl (C=O) groups excluding carboxylic acids is 2. The van der Waals surface area contributed by atoms with Crippen LogP contribution < -0.4 is 10.6 Å². The Balaban J connectivity index is 1.90. The third-order valence-corrected chi connectivity index (χ3v) is 3.18. The van der Waals surface area contributed by atoms with E-state index in [0.717, 1.165) is 23.2 Å². The van der Waals surface area contributed by atoms with Gasteiger partial charge in [-0.1, -0.05) is 32.9 Å². The Bertz CT molecular complexity index is 515. The summed E-state index contributed by atoms with van der Waals surface area (Å²) in [5, 5.41) is 5.74. The molecule has 0 saturated carbocycles. The lowest BCUT2D eigenvalue weighted by Crippen LogP contribution is -2.35. The minimum atomic E-state index is -0.353. The zero-order valence-electron chi connectivity index (χ0n) is 11.7. The third-order valence-electron chi connectivity index (χ3n) is 3.18. The third kappa shape index (κ3) is 3.34. The smallest absolute Gasteiger partial charge is 0.228 e. The molecular weight excluding hydrogens is 240 g/mol. The van der Waals surface area contributed by atoms with Crippen molar-refractivity contribution >= 4 is 17.5 Å². The first-order valence-corrected chi connectivity index (χ1v) is 6.56. The van der Waals surface area contributed by atoms with Crippen LogP contribution in [0.1, 0.15) is 31.9 Å². The van der Waals surface area contributed by atoms with Gasteiger partial charge in [0.2, 0.25) is 11.8 Å². The van der Waals surface area contributed by atoms with Crippen molar-refractivity contribution in [3.05, 3.63) is 29.3 Å². The van der Waals surface area contributed by atoms with Gasteiger partial charge in [0.15, 0.2) is 0 Å². The monoisotopic (exact) mass is 260 g/mol. The Morgan fingerprint density at radius 1 is 1.37 bits per heavy atom. The predicted molar refractivity (Wildman–Crippen MR) is 74.9 cm³/mol. The molecule has 0 saturated heterocycles. The first kappa shape index (κ1) is 13.6. The molecule has 0 fully saturated rings. The fourth-order valence-electron chi connectivity index (χ4n) is 2.02. The van der Waals surface area contributed by atoms with Gasteiger partial charge in [-0.15, -0.1) is 0 Å². The lowest BCUT2D eigenvalue weighted by Gasteiger charge is -2.17. The summed E-state index contributed by atoms with van der Waals surface area (Å²) >= 11 is 0. The summed E-state index contributed by atoms with van der Waals surface area (Å²) in [7, 11) is 0. The summed E-state index contributed by atoms with van der Waals surface area (Å²) in [5.74, 6) is 0.110. The average Bonchev–Trinajstić information content (AvgIpc) is 2.67. The topological polar surface area (TPSA) is 58.2 Å². The molecule has 4 nitrogen and oxygen atoms in total. The number of anilines is 1. The molecular formula is C15H20N2O2. The van der Waals surface area contributed by atoms with Crippen molar-refractivity contribution in [2.75, 3.05) is 11.9 Å². The van der Waals surface area contributed by atoms with Gasteiger partial charge in [0.05, 0.1) is 6.42 Å². The van der Waals surface area contributed by atoms with E-state index >= 15 is 0 Å². The maximum Gasteiger partial charge on any atom is 0.228 e. The largest absolute Gasteiger partial charge is 0.355 e. The van der Waals surface area contributed by atoms with E-state index in [-0.39, 0.29) is 17.2 Å². The molecule has 1 aromatic rings. The number of carbonyl (C=O) groups is 2. The molecule has 0 radical (unpaired) electrons. The summed E-state index contributed by atoms with van der Waals surface area (Å²) in [4.78, 5) is 23.0. The highest BCUT2D eigenvalue weighted by Gasteiger charge is 2.20. The Morgan fingerprint density at radius 2 is 2.11 bits per heavy atom. The zero-order valence-corrected chi connectivity index (χ0v) is 11.7. The van der Waals surface area contributed by atoms with Gasteiger partial charge in [0, 0.05) is 17.6 Å². The van der Waals surface area contributed by atoms with Crippen LogP contribution in [-0.4, -0.2) is 18.4 Å². The van der Waals surface area contributed by atoms with Crippen LogP contribution in [0, 0.1) is 5.41 Å². The number of benzene rings is 1. The Labute approximate surface area is 113 Å². The van der Waals surface area contributed by atoms with Gasteiger partial charge in [0.1, 0.15) is 0 Å². The van der Waals surface area contributed by atoms with Crippen molar-refractivity contribution in [1.29, 1.82) is 0 Å². The first-order valence-electron chi connectivity index (χ1n) is 6.56. The van der Waals surface area contributed by atoms with Gasteiger partial charge < -0.3 is 10.6 Å². The van der Waals surface area contributed by atoms with Gasteiger partial charge in [-0.25, -0.2) is 0 Å². The Morgan fingerprint density at radius 3 is 2.79 bits per heavy atom. The molecule has 0 bridgehead atoms. The minimum Gasteiger partial charge on any atom is -0.355 e. The molecule has 1 aliphatic heterocycles. The molecule has 2 N–H and O–H groups in total. The van der Waals surface area contributed by atoms with Crippen molar-refractivity contribution in [1.82, 2.24) is 5.32 Å². The number of rotatable bonds is 3. The van der Waals surface area contributed by atoms with Crippen LogP contribution in [0.25, 0.3) is 0 Å². The predicted octanol–water partition coefficient (Wildman–Crippen LogP) is 1.89.